The van der Waals surface area contributed by atoms with Gasteiger partial charge in [-0.15, -0.1) is 0 Å². The Bertz CT molecular complexity index is 151. The molecular weight excluding hydrogens is 184 g/mol. The minimum atomic E-state index is 0.235. The first-order valence-corrected chi connectivity index (χ1v) is 6.54. The van der Waals surface area contributed by atoms with Crippen LogP contribution in [0.3, 0.4) is 0 Å². The van der Waals surface area contributed by atoms with Crippen LogP contribution in [0.4, 0.5) is 0 Å². The molecule has 0 amide bonds. The number of nitrogens with two attached hydrogens (primary N) is 1. The highest BCUT2D eigenvalue weighted by Crippen LogP contribution is 2.27. The number of rotatable bonds is 8. The third-order valence-electron chi connectivity index (χ3n) is 3.61. The van der Waals surface area contributed by atoms with Crippen molar-refractivity contribution in [3.05, 3.63) is 0 Å². The summed E-state index contributed by atoms with van der Waals surface area (Å²) >= 11 is 0. The van der Waals surface area contributed by atoms with E-state index in [4.69, 9.17) is 5.73 Å². The summed E-state index contributed by atoms with van der Waals surface area (Å²) < 4.78 is 0. The van der Waals surface area contributed by atoms with Crippen molar-refractivity contribution in [2.45, 2.75) is 71.9 Å². The standard InChI is InChI=1S/C13H30N2/c1-6-9-10-13(7-2,11-14)15(8-3)12(4)5/h12H,6-11,14H2,1-5H3. The fourth-order valence-corrected chi connectivity index (χ4v) is 2.64. The Morgan fingerprint density at radius 3 is 2.07 bits per heavy atom. The summed E-state index contributed by atoms with van der Waals surface area (Å²) in [5.74, 6) is 0. The Kier molecular flexibility index (Phi) is 7.20. The minimum Gasteiger partial charge on any atom is -0.329 e. The van der Waals surface area contributed by atoms with Gasteiger partial charge >= 0.3 is 0 Å². The molecule has 0 radical (unpaired) electrons. The van der Waals surface area contributed by atoms with Gasteiger partial charge in [-0.2, -0.15) is 0 Å². The monoisotopic (exact) mass is 214 g/mol. The first kappa shape index (κ1) is 14.9. The summed E-state index contributed by atoms with van der Waals surface area (Å²) in [4.78, 5) is 2.57. The van der Waals surface area contributed by atoms with E-state index in [0.29, 0.717) is 6.04 Å². The Morgan fingerprint density at radius 2 is 1.80 bits per heavy atom. The summed E-state index contributed by atoms with van der Waals surface area (Å²) in [6.07, 6.45) is 4.95. The van der Waals surface area contributed by atoms with Crippen LogP contribution in [0.15, 0.2) is 0 Å². The van der Waals surface area contributed by atoms with Gasteiger partial charge in [0.1, 0.15) is 0 Å². The molecule has 0 saturated heterocycles. The zero-order valence-corrected chi connectivity index (χ0v) is 11.3. The highest BCUT2D eigenvalue weighted by Gasteiger charge is 2.33. The molecule has 0 saturated carbocycles. The van der Waals surface area contributed by atoms with Gasteiger partial charge in [-0.3, -0.25) is 4.90 Å². The molecule has 0 fully saturated rings. The smallest absolute Gasteiger partial charge is 0.0331 e. The van der Waals surface area contributed by atoms with Crippen LogP contribution < -0.4 is 5.73 Å². The molecular formula is C13H30N2. The van der Waals surface area contributed by atoms with Crippen molar-refractivity contribution in [2.75, 3.05) is 13.1 Å². The highest BCUT2D eigenvalue weighted by atomic mass is 15.2. The van der Waals surface area contributed by atoms with Crippen molar-refractivity contribution in [3.63, 3.8) is 0 Å². The molecule has 0 aliphatic rings. The zero-order chi connectivity index (χ0) is 11.9. The van der Waals surface area contributed by atoms with Crippen molar-refractivity contribution in [2.24, 2.45) is 5.73 Å². The topological polar surface area (TPSA) is 29.3 Å². The number of unbranched alkanes of at least 4 members (excludes halogenated alkanes) is 1. The average molecular weight is 214 g/mol. The molecule has 0 aromatic carbocycles. The van der Waals surface area contributed by atoms with Gasteiger partial charge in [0, 0.05) is 18.1 Å². The second-order valence-corrected chi connectivity index (χ2v) is 4.77. The van der Waals surface area contributed by atoms with Crippen LogP contribution in [0, 0.1) is 0 Å². The SMILES string of the molecule is CCCCC(CC)(CN)N(CC)C(C)C. The van der Waals surface area contributed by atoms with Crippen molar-refractivity contribution < 1.29 is 0 Å². The molecule has 0 aromatic heterocycles. The number of nitrogens with zero attached hydrogens (tertiary/aromatic N) is 1. The fraction of sp³-hybridized carbons (Fsp3) is 1.00. The molecule has 0 bridgehead atoms. The molecule has 15 heavy (non-hydrogen) atoms. The highest BCUT2D eigenvalue weighted by molar-refractivity contribution is 4.91. The predicted molar refractivity (Wildman–Crippen MR) is 69.1 cm³/mol. The summed E-state index contributed by atoms with van der Waals surface area (Å²) in [6, 6.07) is 0.593. The van der Waals surface area contributed by atoms with Gasteiger partial charge in [0.15, 0.2) is 0 Å². The quantitative estimate of drug-likeness (QED) is 0.673. The Labute approximate surface area is 96.2 Å². The van der Waals surface area contributed by atoms with E-state index in [1.807, 2.05) is 0 Å². The molecule has 2 N–H and O–H groups in total. The predicted octanol–water partition coefficient (Wildman–Crippen LogP) is 3.01. The van der Waals surface area contributed by atoms with E-state index in [1.165, 1.54) is 19.3 Å². The molecule has 0 aliphatic heterocycles. The maximum Gasteiger partial charge on any atom is 0.0331 e. The summed E-state index contributed by atoms with van der Waals surface area (Å²) in [7, 11) is 0. The van der Waals surface area contributed by atoms with Crippen LogP contribution in [-0.2, 0) is 0 Å². The largest absolute Gasteiger partial charge is 0.329 e. The van der Waals surface area contributed by atoms with Gasteiger partial charge in [0.25, 0.3) is 0 Å². The van der Waals surface area contributed by atoms with Crippen molar-refractivity contribution >= 4 is 0 Å². The van der Waals surface area contributed by atoms with Gasteiger partial charge in [-0.1, -0.05) is 33.6 Å². The molecule has 1 atom stereocenters. The zero-order valence-electron chi connectivity index (χ0n) is 11.3. The van der Waals surface area contributed by atoms with Crippen LogP contribution >= 0.6 is 0 Å². The lowest BCUT2D eigenvalue weighted by molar-refractivity contribution is 0.0537. The normalized spacial score (nSPS) is 16.0. The van der Waals surface area contributed by atoms with Crippen LogP contribution in [0.25, 0.3) is 0 Å². The van der Waals surface area contributed by atoms with Crippen LogP contribution in [0.1, 0.15) is 60.3 Å². The Hall–Kier alpha value is -0.0800. The first-order valence-electron chi connectivity index (χ1n) is 6.54. The van der Waals surface area contributed by atoms with Gasteiger partial charge in [-0.05, 0) is 33.2 Å². The number of hydrogen-bond acceptors (Lipinski definition) is 2. The van der Waals surface area contributed by atoms with E-state index in [2.05, 4.69) is 39.5 Å². The van der Waals surface area contributed by atoms with Crippen molar-refractivity contribution in [1.82, 2.24) is 4.90 Å². The second kappa shape index (κ2) is 7.24. The molecule has 2 heteroatoms. The van der Waals surface area contributed by atoms with Gasteiger partial charge in [0.2, 0.25) is 0 Å². The Morgan fingerprint density at radius 1 is 1.20 bits per heavy atom. The number of hydrogen-bond donors (Lipinski definition) is 1. The Balaban J connectivity index is 4.70. The molecule has 0 spiro atoms. The molecule has 0 aliphatic carbocycles. The molecule has 0 rings (SSSR count). The second-order valence-electron chi connectivity index (χ2n) is 4.77. The van der Waals surface area contributed by atoms with Gasteiger partial charge in [-0.25, -0.2) is 0 Å². The van der Waals surface area contributed by atoms with Crippen LogP contribution in [0.5, 0.6) is 0 Å². The molecule has 0 heterocycles. The maximum atomic E-state index is 6.03. The summed E-state index contributed by atoms with van der Waals surface area (Å²) in [6.45, 7) is 13.2. The van der Waals surface area contributed by atoms with E-state index in [1.54, 1.807) is 0 Å². The molecule has 2 nitrogen and oxygen atoms in total. The maximum absolute atomic E-state index is 6.03. The van der Waals surface area contributed by atoms with E-state index in [-0.39, 0.29) is 5.54 Å². The summed E-state index contributed by atoms with van der Waals surface area (Å²) in [5, 5.41) is 0. The first-order chi connectivity index (χ1) is 7.07. The fourth-order valence-electron chi connectivity index (χ4n) is 2.64. The van der Waals surface area contributed by atoms with Gasteiger partial charge in [0.05, 0.1) is 0 Å². The number of likely N-dealkylation sites (N-methyl/N-ethyl adjacent to an activating group) is 1. The van der Waals surface area contributed by atoms with E-state index < -0.39 is 0 Å². The third kappa shape index (κ3) is 3.76. The summed E-state index contributed by atoms with van der Waals surface area (Å²) in [5.41, 5.74) is 6.27. The molecule has 0 aromatic rings. The van der Waals surface area contributed by atoms with E-state index in [0.717, 1.165) is 19.5 Å². The van der Waals surface area contributed by atoms with Crippen molar-refractivity contribution in [1.29, 1.82) is 0 Å². The third-order valence-corrected chi connectivity index (χ3v) is 3.61. The lowest BCUT2D eigenvalue weighted by atomic mass is 9.86. The lowest BCUT2D eigenvalue weighted by Gasteiger charge is -2.45. The molecule has 92 valence electrons. The van der Waals surface area contributed by atoms with Crippen molar-refractivity contribution in [3.8, 4) is 0 Å². The molecule has 1 unspecified atom stereocenters. The van der Waals surface area contributed by atoms with Crippen LogP contribution in [-0.4, -0.2) is 29.6 Å². The average Bonchev–Trinajstić information content (AvgIpc) is 2.24. The van der Waals surface area contributed by atoms with Crippen LogP contribution in [0.2, 0.25) is 0 Å². The van der Waals surface area contributed by atoms with E-state index in [9.17, 15) is 0 Å². The lowest BCUT2D eigenvalue weighted by Crippen LogP contribution is -2.56. The van der Waals surface area contributed by atoms with Gasteiger partial charge < -0.3 is 5.73 Å². The minimum absolute atomic E-state index is 0.235. The van der Waals surface area contributed by atoms with E-state index >= 15 is 0 Å².